The third-order valence-corrected chi connectivity index (χ3v) is 9.86. The second-order valence-electron chi connectivity index (χ2n) is 10.5. The van der Waals surface area contributed by atoms with Gasteiger partial charge in [0.2, 0.25) is 14.9 Å². The first-order valence-corrected chi connectivity index (χ1v) is 13.8. The number of H-pyrrole nitrogens is 1. The fourth-order valence-electron chi connectivity index (χ4n) is 5.83. The van der Waals surface area contributed by atoms with E-state index in [4.69, 9.17) is 0 Å². The average molecular weight is 507 g/mol. The molecule has 4 aromatic rings. The molecule has 6 rings (SSSR count). The molecule has 0 radical (unpaired) electrons. The lowest BCUT2D eigenvalue weighted by Crippen LogP contribution is -2.39. The van der Waals surface area contributed by atoms with Crippen molar-refractivity contribution < 1.29 is 8.42 Å². The van der Waals surface area contributed by atoms with Crippen LogP contribution in [0.4, 0.5) is 5.69 Å². The van der Waals surface area contributed by atoms with Crippen molar-refractivity contribution in [2.45, 2.75) is 43.0 Å². The number of anilines is 1. The number of hydrogen-bond acceptors (Lipinski definition) is 7. The molecule has 0 aliphatic carbocycles. The summed E-state index contributed by atoms with van der Waals surface area (Å²) in [5, 5.41) is 7.11. The SMILES string of the molecule is Cc1ccc(S(=O)(=O)c2n[nH]n3c2nc(=O)c2ccc(N4CCC5(CCN(C)CC5)C4)cc23)c(C)c1. The van der Waals surface area contributed by atoms with Crippen LogP contribution in [-0.2, 0) is 9.84 Å². The maximum atomic E-state index is 13.5. The van der Waals surface area contributed by atoms with Crippen LogP contribution in [0.1, 0.15) is 30.4 Å². The summed E-state index contributed by atoms with van der Waals surface area (Å²) < 4.78 is 28.5. The number of piperidine rings is 1. The molecule has 188 valence electrons. The topological polar surface area (TPSA) is 104 Å². The number of fused-ring (bicyclic) bond motifs is 3. The standard InChI is InChI=1S/C26H30N6O3S/c1-17-4-7-22(18(2)14-17)36(34,35)25-23-27-24(33)20-6-5-19(15-21(20)32(23)29-28-25)31-13-10-26(16-31)8-11-30(3)12-9-26/h4-7,14-15,29H,8-13,16H2,1-3H3. The summed E-state index contributed by atoms with van der Waals surface area (Å²) in [6.45, 7) is 7.87. The summed E-state index contributed by atoms with van der Waals surface area (Å²) >= 11 is 0. The average Bonchev–Trinajstić information content (AvgIpc) is 3.46. The summed E-state index contributed by atoms with van der Waals surface area (Å²) in [4.78, 5) is 22.0. The maximum Gasteiger partial charge on any atom is 0.281 e. The normalized spacial score (nSPS) is 18.6. The molecule has 0 unspecified atom stereocenters. The van der Waals surface area contributed by atoms with Crippen LogP contribution in [0.25, 0.3) is 16.6 Å². The Bertz CT molecular complexity index is 1660. The van der Waals surface area contributed by atoms with Crippen LogP contribution >= 0.6 is 0 Å². The van der Waals surface area contributed by atoms with E-state index < -0.39 is 15.4 Å². The van der Waals surface area contributed by atoms with E-state index in [-0.39, 0.29) is 15.6 Å². The van der Waals surface area contributed by atoms with Gasteiger partial charge in [-0.25, -0.2) is 18.1 Å². The van der Waals surface area contributed by atoms with Crippen molar-refractivity contribution in [2.24, 2.45) is 5.41 Å². The van der Waals surface area contributed by atoms with Crippen molar-refractivity contribution in [1.29, 1.82) is 0 Å². The smallest absolute Gasteiger partial charge is 0.281 e. The van der Waals surface area contributed by atoms with Gasteiger partial charge in [-0.1, -0.05) is 17.7 Å². The van der Waals surface area contributed by atoms with Gasteiger partial charge in [-0.15, -0.1) is 5.10 Å². The van der Waals surface area contributed by atoms with Crippen LogP contribution in [0.3, 0.4) is 0 Å². The molecule has 9 nitrogen and oxygen atoms in total. The van der Waals surface area contributed by atoms with Crippen molar-refractivity contribution >= 4 is 32.1 Å². The number of nitrogens with one attached hydrogen (secondary N) is 1. The van der Waals surface area contributed by atoms with E-state index in [0.717, 1.165) is 43.9 Å². The summed E-state index contributed by atoms with van der Waals surface area (Å²) in [6.07, 6.45) is 3.55. The fourth-order valence-corrected chi connectivity index (χ4v) is 7.31. The summed E-state index contributed by atoms with van der Waals surface area (Å²) in [5.41, 5.74) is 3.06. The van der Waals surface area contributed by atoms with Crippen LogP contribution in [0, 0.1) is 19.3 Å². The van der Waals surface area contributed by atoms with E-state index in [1.54, 1.807) is 25.1 Å². The number of nitrogens with zero attached hydrogens (tertiary/aromatic N) is 5. The minimum absolute atomic E-state index is 0.0119. The second kappa shape index (κ2) is 8.14. The lowest BCUT2D eigenvalue weighted by atomic mass is 9.78. The van der Waals surface area contributed by atoms with Crippen LogP contribution in [-0.4, -0.2) is 66.4 Å². The van der Waals surface area contributed by atoms with Crippen molar-refractivity contribution in [1.82, 2.24) is 24.7 Å². The molecule has 2 saturated heterocycles. The zero-order valence-electron chi connectivity index (χ0n) is 20.8. The van der Waals surface area contributed by atoms with Gasteiger partial charge in [-0.05, 0) is 88.5 Å². The first kappa shape index (κ1) is 23.2. The Labute approximate surface area is 209 Å². The quantitative estimate of drug-likeness (QED) is 0.456. The van der Waals surface area contributed by atoms with Gasteiger partial charge in [0, 0.05) is 18.8 Å². The number of sulfone groups is 1. The number of aromatic nitrogens is 4. The second-order valence-corrected chi connectivity index (χ2v) is 12.4. The molecule has 2 aromatic carbocycles. The zero-order chi connectivity index (χ0) is 25.2. The summed E-state index contributed by atoms with van der Waals surface area (Å²) in [6, 6.07) is 10.8. The van der Waals surface area contributed by atoms with E-state index in [2.05, 4.69) is 32.1 Å². The van der Waals surface area contributed by atoms with E-state index >= 15 is 0 Å². The first-order valence-electron chi connectivity index (χ1n) is 12.3. The van der Waals surface area contributed by atoms with E-state index in [1.807, 2.05) is 25.1 Å². The number of benzene rings is 2. The van der Waals surface area contributed by atoms with E-state index in [1.165, 1.54) is 17.4 Å². The molecule has 36 heavy (non-hydrogen) atoms. The van der Waals surface area contributed by atoms with Gasteiger partial charge in [0.25, 0.3) is 5.56 Å². The van der Waals surface area contributed by atoms with Crippen LogP contribution in [0.15, 0.2) is 51.1 Å². The number of aromatic amines is 1. The van der Waals surface area contributed by atoms with Gasteiger partial charge in [0.05, 0.1) is 15.8 Å². The largest absolute Gasteiger partial charge is 0.371 e. The van der Waals surface area contributed by atoms with Gasteiger partial charge < -0.3 is 9.80 Å². The molecule has 1 spiro atoms. The Kier molecular flexibility index (Phi) is 5.24. The monoisotopic (exact) mass is 506 g/mol. The molecule has 10 heteroatoms. The zero-order valence-corrected chi connectivity index (χ0v) is 21.6. The molecule has 4 heterocycles. The van der Waals surface area contributed by atoms with Crippen LogP contribution < -0.4 is 10.5 Å². The third-order valence-electron chi connectivity index (χ3n) is 8.04. The molecule has 1 N–H and O–H groups in total. The van der Waals surface area contributed by atoms with E-state index in [0.29, 0.717) is 21.9 Å². The molecule has 0 atom stereocenters. The minimum Gasteiger partial charge on any atom is -0.371 e. The van der Waals surface area contributed by atoms with Crippen molar-refractivity contribution in [2.75, 3.05) is 38.1 Å². The Morgan fingerprint density at radius 2 is 1.75 bits per heavy atom. The highest BCUT2D eigenvalue weighted by atomic mass is 32.2. The summed E-state index contributed by atoms with van der Waals surface area (Å²) in [7, 11) is -1.80. The Morgan fingerprint density at radius 1 is 1.00 bits per heavy atom. The minimum atomic E-state index is -3.98. The number of rotatable bonds is 3. The van der Waals surface area contributed by atoms with Gasteiger partial charge in [-0.3, -0.25) is 4.79 Å². The highest BCUT2D eigenvalue weighted by Gasteiger charge is 2.40. The van der Waals surface area contributed by atoms with Gasteiger partial charge in [0.15, 0.2) is 5.65 Å². The Balaban J connectivity index is 1.43. The highest BCUT2D eigenvalue weighted by molar-refractivity contribution is 7.91. The third kappa shape index (κ3) is 3.62. The molecular formula is C26H30N6O3S. The summed E-state index contributed by atoms with van der Waals surface area (Å²) in [5.74, 6) is 0. The first-order chi connectivity index (χ1) is 17.2. The maximum absolute atomic E-state index is 13.5. The number of aryl methyl sites for hydroxylation is 2. The van der Waals surface area contributed by atoms with Crippen LogP contribution in [0.5, 0.6) is 0 Å². The predicted octanol–water partition coefficient (Wildman–Crippen LogP) is 2.94. The lowest BCUT2D eigenvalue weighted by Gasteiger charge is -2.37. The van der Waals surface area contributed by atoms with E-state index in [9.17, 15) is 13.2 Å². The number of likely N-dealkylation sites (tertiary alicyclic amines) is 1. The Hall–Kier alpha value is -3.24. The molecule has 0 bridgehead atoms. The molecular weight excluding hydrogens is 476 g/mol. The molecule has 2 fully saturated rings. The molecule has 0 saturated carbocycles. The van der Waals surface area contributed by atoms with Crippen molar-refractivity contribution in [3.63, 3.8) is 0 Å². The van der Waals surface area contributed by atoms with Gasteiger partial charge >= 0.3 is 0 Å². The van der Waals surface area contributed by atoms with Gasteiger partial charge in [-0.2, -0.15) is 4.98 Å². The van der Waals surface area contributed by atoms with Crippen molar-refractivity contribution in [3.05, 3.63) is 57.9 Å². The van der Waals surface area contributed by atoms with Crippen LogP contribution in [0.2, 0.25) is 0 Å². The molecule has 0 amide bonds. The Morgan fingerprint density at radius 3 is 2.50 bits per heavy atom. The molecule has 2 aliphatic heterocycles. The van der Waals surface area contributed by atoms with Crippen molar-refractivity contribution in [3.8, 4) is 0 Å². The number of hydrogen-bond donors (Lipinski definition) is 1. The lowest BCUT2D eigenvalue weighted by molar-refractivity contribution is 0.142. The highest BCUT2D eigenvalue weighted by Crippen LogP contribution is 2.42. The molecule has 2 aliphatic rings. The fraction of sp³-hybridized carbons (Fsp3) is 0.423. The predicted molar refractivity (Wildman–Crippen MR) is 138 cm³/mol. The van der Waals surface area contributed by atoms with Gasteiger partial charge in [0.1, 0.15) is 0 Å². The molecule has 2 aromatic heterocycles.